The summed E-state index contributed by atoms with van der Waals surface area (Å²) in [4.78, 5) is 0.200. The lowest BCUT2D eigenvalue weighted by molar-refractivity contribution is 0.412. The maximum atomic E-state index is 12.6. The topological polar surface area (TPSA) is 62.6 Å². The zero-order valence-corrected chi connectivity index (χ0v) is 15.6. The van der Waals surface area contributed by atoms with Crippen molar-refractivity contribution in [2.24, 2.45) is 0 Å². The summed E-state index contributed by atoms with van der Waals surface area (Å²) in [6.45, 7) is 2.46. The van der Waals surface area contributed by atoms with Crippen molar-refractivity contribution < 1.29 is 12.8 Å². The van der Waals surface area contributed by atoms with Crippen LogP contribution in [0.1, 0.15) is 25.5 Å². The van der Waals surface area contributed by atoms with E-state index in [1.165, 1.54) is 17.1 Å². The van der Waals surface area contributed by atoms with Gasteiger partial charge in [-0.3, -0.25) is 0 Å². The van der Waals surface area contributed by atoms with E-state index in [9.17, 15) is 8.42 Å². The molecule has 1 N–H and O–H groups in total. The van der Waals surface area contributed by atoms with Crippen LogP contribution in [0.5, 0.6) is 0 Å². The van der Waals surface area contributed by atoms with Gasteiger partial charge < -0.3 is 9.73 Å². The molecule has 0 saturated heterocycles. The van der Waals surface area contributed by atoms with E-state index in [4.69, 9.17) is 4.42 Å². The molecule has 1 aromatic heterocycles. The summed E-state index contributed by atoms with van der Waals surface area (Å²) in [5.74, 6) is 1.39. The van der Waals surface area contributed by atoms with Crippen LogP contribution in [-0.2, 0) is 16.6 Å². The average molecular weight is 397 g/mol. The highest BCUT2D eigenvalue weighted by Gasteiger charge is 2.30. The largest absolute Gasteiger partial charge is 0.452 e. The Balaban J connectivity index is 2.14. The van der Waals surface area contributed by atoms with Gasteiger partial charge >= 0.3 is 0 Å². The summed E-state index contributed by atoms with van der Waals surface area (Å²) in [5, 5.41) is 3.31. The first kappa shape index (κ1) is 17.3. The predicted molar refractivity (Wildman–Crippen MR) is 89.1 cm³/mol. The van der Waals surface area contributed by atoms with Gasteiger partial charge in [-0.2, -0.15) is 16.1 Å². The summed E-state index contributed by atoms with van der Waals surface area (Å²) < 4.78 is 32.5. The standard InChI is InChI=1S/C13H21BrN2O3S2/c1-9(8-20-3)16(2)21(17,18)12-6-11(19-13(12)14)7-15-10-4-5-10/h6,9-10,15H,4-5,7-8H2,1-3H3. The molecule has 8 heteroatoms. The third kappa shape index (κ3) is 4.25. The summed E-state index contributed by atoms with van der Waals surface area (Å²) in [7, 11) is -1.93. The first-order valence-corrected chi connectivity index (χ1v) is 10.5. The first-order chi connectivity index (χ1) is 9.86. The SMILES string of the molecule is CSCC(C)N(C)S(=O)(=O)c1cc(CNC2CC2)oc1Br. The average Bonchev–Trinajstić information content (AvgIpc) is 3.18. The Bertz CT molecular complexity index is 584. The van der Waals surface area contributed by atoms with Crippen molar-refractivity contribution in [1.82, 2.24) is 9.62 Å². The summed E-state index contributed by atoms with van der Waals surface area (Å²) in [6.07, 6.45) is 4.33. The minimum atomic E-state index is -3.54. The molecule has 1 aliphatic carbocycles. The van der Waals surface area contributed by atoms with Gasteiger partial charge in [-0.1, -0.05) is 0 Å². The molecule has 120 valence electrons. The van der Waals surface area contributed by atoms with Crippen LogP contribution in [0.2, 0.25) is 0 Å². The Kier molecular flexibility index (Phi) is 5.81. The Morgan fingerprint density at radius 2 is 2.24 bits per heavy atom. The Morgan fingerprint density at radius 1 is 1.57 bits per heavy atom. The predicted octanol–water partition coefficient (Wildman–Crippen LogP) is 2.67. The van der Waals surface area contributed by atoms with E-state index >= 15 is 0 Å². The molecule has 0 aliphatic heterocycles. The Labute approximate surface area is 139 Å². The third-order valence-electron chi connectivity index (χ3n) is 3.53. The van der Waals surface area contributed by atoms with Gasteiger partial charge in [0.1, 0.15) is 10.7 Å². The summed E-state index contributed by atoms with van der Waals surface area (Å²) in [5.41, 5.74) is 0. The zero-order valence-electron chi connectivity index (χ0n) is 12.4. The van der Waals surface area contributed by atoms with Crippen molar-refractivity contribution in [2.45, 2.75) is 43.3 Å². The highest BCUT2D eigenvalue weighted by Crippen LogP contribution is 2.30. The summed E-state index contributed by atoms with van der Waals surface area (Å²) in [6, 6.07) is 2.09. The molecule has 5 nitrogen and oxygen atoms in total. The second-order valence-electron chi connectivity index (χ2n) is 5.33. The van der Waals surface area contributed by atoms with Crippen LogP contribution in [0.3, 0.4) is 0 Å². The molecule has 0 radical (unpaired) electrons. The van der Waals surface area contributed by atoms with Crippen LogP contribution in [0.4, 0.5) is 0 Å². The molecule has 0 aromatic carbocycles. The van der Waals surface area contributed by atoms with E-state index in [0.717, 1.165) is 5.75 Å². The van der Waals surface area contributed by atoms with Crippen molar-refractivity contribution in [3.63, 3.8) is 0 Å². The molecule has 1 saturated carbocycles. The number of hydrogen-bond donors (Lipinski definition) is 1. The zero-order chi connectivity index (χ0) is 15.6. The number of rotatable bonds is 8. The van der Waals surface area contributed by atoms with Crippen molar-refractivity contribution >= 4 is 37.7 Å². The maximum Gasteiger partial charge on any atom is 0.247 e. The van der Waals surface area contributed by atoms with Gasteiger partial charge in [-0.25, -0.2) is 8.42 Å². The van der Waals surface area contributed by atoms with Gasteiger partial charge in [0, 0.05) is 31.0 Å². The van der Waals surface area contributed by atoms with Gasteiger partial charge in [0.05, 0.1) is 6.54 Å². The molecule has 21 heavy (non-hydrogen) atoms. The number of thioether (sulfide) groups is 1. The third-order valence-corrected chi connectivity index (χ3v) is 7.18. The molecule has 1 unspecified atom stereocenters. The monoisotopic (exact) mass is 396 g/mol. The first-order valence-electron chi connectivity index (χ1n) is 6.84. The number of hydrogen-bond acceptors (Lipinski definition) is 5. The lowest BCUT2D eigenvalue weighted by Crippen LogP contribution is -2.36. The number of nitrogens with zero attached hydrogens (tertiary/aromatic N) is 1. The second kappa shape index (κ2) is 7.04. The van der Waals surface area contributed by atoms with E-state index < -0.39 is 10.0 Å². The minimum Gasteiger partial charge on any atom is -0.452 e. The van der Waals surface area contributed by atoms with E-state index in [1.807, 2.05) is 13.2 Å². The molecular formula is C13H21BrN2O3S2. The van der Waals surface area contributed by atoms with Crippen LogP contribution in [0, 0.1) is 0 Å². The van der Waals surface area contributed by atoms with Gasteiger partial charge in [-0.05, 0) is 42.0 Å². The van der Waals surface area contributed by atoms with Crippen molar-refractivity contribution in [2.75, 3.05) is 19.1 Å². The Morgan fingerprint density at radius 3 is 2.81 bits per heavy atom. The molecule has 1 atom stereocenters. The molecule has 0 spiro atoms. The van der Waals surface area contributed by atoms with Gasteiger partial charge in [0.2, 0.25) is 10.0 Å². The molecule has 1 fully saturated rings. The number of halogens is 1. The van der Waals surface area contributed by atoms with Crippen LogP contribution >= 0.6 is 27.7 Å². The van der Waals surface area contributed by atoms with Gasteiger partial charge in [0.15, 0.2) is 4.67 Å². The number of sulfonamides is 1. The molecule has 1 aromatic rings. The lowest BCUT2D eigenvalue weighted by atomic mass is 10.4. The Hall–Kier alpha value is -0.0200. The fraction of sp³-hybridized carbons (Fsp3) is 0.692. The molecular weight excluding hydrogens is 376 g/mol. The van der Waals surface area contributed by atoms with Crippen LogP contribution in [-0.4, -0.2) is 43.9 Å². The van der Waals surface area contributed by atoms with Gasteiger partial charge in [-0.15, -0.1) is 0 Å². The van der Waals surface area contributed by atoms with Crippen LogP contribution in [0.15, 0.2) is 20.0 Å². The van der Waals surface area contributed by atoms with Gasteiger partial charge in [0.25, 0.3) is 0 Å². The molecule has 1 heterocycles. The smallest absolute Gasteiger partial charge is 0.247 e. The van der Waals surface area contributed by atoms with Crippen LogP contribution < -0.4 is 5.32 Å². The van der Waals surface area contributed by atoms with Crippen LogP contribution in [0.25, 0.3) is 0 Å². The van der Waals surface area contributed by atoms with Crippen molar-refractivity contribution in [3.05, 3.63) is 16.5 Å². The highest BCUT2D eigenvalue weighted by molar-refractivity contribution is 9.10. The van der Waals surface area contributed by atoms with E-state index in [2.05, 4.69) is 21.2 Å². The highest BCUT2D eigenvalue weighted by atomic mass is 79.9. The van der Waals surface area contributed by atoms with E-state index in [1.54, 1.807) is 24.9 Å². The minimum absolute atomic E-state index is 0.0696. The summed E-state index contributed by atoms with van der Waals surface area (Å²) >= 11 is 4.85. The van der Waals surface area contributed by atoms with Crippen molar-refractivity contribution in [1.29, 1.82) is 0 Å². The second-order valence-corrected chi connectivity index (χ2v) is 8.93. The number of furan rings is 1. The van der Waals surface area contributed by atoms with E-state index in [0.29, 0.717) is 18.3 Å². The number of nitrogens with one attached hydrogen (secondary N) is 1. The van der Waals surface area contributed by atoms with E-state index in [-0.39, 0.29) is 15.6 Å². The van der Waals surface area contributed by atoms with Crippen molar-refractivity contribution in [3.8, 4) is 0 Å². The molecule has 0 bridgehead atoms. The normalized spacial score (nSPS) is 17.4. The molecule has 2 rings (SSSR count). The quantitative estimate of drug-likeness (QED) is 0.731. The molecule has 1 aliphatic rings. The fourth-order valence-electron chi connectivity index (χ4n) is 1.93. The fourth-order valence-corrected chi connectivity index (χ4v) is 5.05. The maximum absolute atomic E-state index is 12.6. The molecule has 0 amide bonds. The lowest BCUT2D eigenvalue weighted by Gasteiger charge is -2.23.